The molecule has 0 amide bonds. The Balaban J connectivity index is 0.000000135. The first-order valence-electron chi connectivity index (χ1n) is 25.6. The van der Waals surface area contributed by atoms with E-state index in [0.717, 1.165) is 0 Å². The Morgan fingerprint density at radius 3 is 0.234 bits per heavy atom. The lowest BCUT2D eigenvalue weighted by Gasteiger charge is -2.18. The quantitative estimate of drug-likeness (QED) is 0.107. The van der Waals surface area contributed by atoms with Gasteiger partial charge in [0.15, 0.2) is 0 Å². The van der Waals surface area contributed by atoms with Gasteiger partial charge in [-0.15, -0.1) is 12.4 Å². The van der Waals surface area contributed by atoms with Crippen molar-refractivity contribution >= 4 is 108 Å². The third-order valence-corrected chi connectivity index (χ3v) is 21.9. The molecule has 0 atom stereocenters. The second-order valence-corrected chi connectivity index (χ2v) is 26.2. The van der Waals surface area contributed by atoms with Gasteiger partial charge in [0.25, 0.3) is 0 Å². The van der Waals surface area contributed by atoms with Gasteiger partial charge in [-0.05, 0) is 95.3 Å². The summed E-state index contributed by atoms with van der Waals surface area (Å²) in [7, 11) is -1.78. The number of rotatable bonds is 12. The van der Waals surface area contributed by atoms with E-state index in [1.807, 2.05) is 0 Å². The molecule has 12 rings (SSSR count). The van der Waals surface area contributed by atoms with Crippen molar-refractivity contribution in [1.82, 2.24) is 0 Å². The summed E-state index contributed by atoms with van der Waals surface area (Å²) in [6.07, 6.45) is 0. The molecule has 0 saturated heterocycles. The Kier molecular flexibility index (Phi) is 22.5. The molecule has 0 spiro atoms. The maximum Gasteiger partial charge on any atom is -0.0134 e. The van der Waals surface area contributed by atoms with Gasteiger partial charge in [-0.2, -0.15) is 0 Å². The molecular formula is C72H61ClP4. The molecule has 0 unspecified atom stereocenters. The molecule has 376 valence electrons. The molecule has 77 heavy (non-hydrogen) atoms. The SMILES string of the molecule is Cl.c1ccc(P(c2ccccc2)c2ccccc2)cc1.c1ccc(P(c2ccccc2)c2ccccc2)cc1.c1ccc(P(c2ccccc2)c2ccccc2)cc1.c1ccc(P(c2ccccc2)c2ccccc2)cc1. The Morgan fingerprint density at radius 2 is 0.169 bits per heavy atom. The molecule has 0 aliphatic carbocycles. The molecule has 0 aromatic heterocycles. The largest absolute Gasteiger partial charge is 0.147 e. The minimum atomic E-state index is -0.446. The van der Waals surface area contributed by atoms with Crippen LogP contribution in [0.2, 0.25) is 0 Å². The van der Waals surface area contributed by atoms with Gasteiger partial charge >= 0.3 is 0 Å². The zero-order valence-electron chi connectivity index (χ0n) is 42.8. The highest BCUT2D eigenvalue weighted by Gasteiger charge is 2.18. The predicted octanol–water partition coefficient (Wildman–Crippen LogP) is 14.2. The van der Waals surface area contributed by atoms with E-state index in [2.05, 4.69) is 364 Å². The topological polar surface area (TPSA) is 0 Å². The smallest absolute Gasteiger partial charge is 0.0134 e. The van der Waals surface area contributed by atoms with Crippen molar-refractivity contribution in [2.45, 2.75) is 0 Å². The van der Waals surface area contributed by atoms with Crippen LogP contribution >= 0.6 is 44.1 Å². The van der Waals surface area contributed by atoms with Crippen molar-refractivity contribution < 1.29 is 0 Å². The first-order chi connectivity index (χ1) is 37.8. The van der Waals surface area contributed by atoms with Crippen molar-refractivity contribution in [3.63, 3.8) is 0 Å². The maximum atomic E-state index is 2.23. The third-order valence-electron chi connectivity index (χ3n) is 12.2. The van der Waals surface area contributed by atoms with Crippen LogP contribution in [0.5, 0.6) is 0 Å². The normalized spacial score (nSPS) is 10.4. The molecule has 0 fully saturated rings. The first-order valence-corrected chi connectivity index (χ1v) is 31.0. The van der Waals surface area contributed by atoms with Crippen LogP contribution in [0, 0.1) is 0 Å². The highest BCUT2D eigenvalue weighted by atomic mass is 35.5. The summed E-state index contributed by atoms with van der Waals surface area (Å²) in [5, 5.41) is 16.8. The van der Waals surface area contributed by atoms with E-state index in [-0.39, 0.29) is 12.4 Å². The molecule has 12 aromatic carbocycles. The van der Waals surface area contributed by atoms with Gasteiger partial charge in [0.1, 0.15) is 0 Å². The molecule has 5 heteroatoms. The fraction of sp³-hybridized carbons (Fsp3) is 0. The summed E-state index contributed by atoms with van der Waals surface area (Å²) >= 11 is 0. The van der Waals surface area contributed by atoms with Crippen LogP contribution in [0.1, 0.15) is 0 Å². The standard InChI is InChI=1S/4C18H15P.ClH/c4*1-4-10-16(11-5-1)19(17-12-6-2-7-13-17)18-14-8-3-9-15-18;/h4*1-15H;1H. The molecule has 0 radical (unpaired) electrons. The van der Waals surface area contributed by atoms with Crippen LogP contribution in [-0.2, 0) is 0 Å². The summed E-state index contributed by atoms with van der Waals surface area (Å²) in [6.45, 7) is 0. The molecule has 0 aliphatic heterocycles. The van der Waals surface area contributed by atoms with Gasteiger partial charge in [-0.25, -0.2) is 0 Å². The van der Waals surface area contributed by atoms with E-state index in [4.69, 9.17) is 0 Å². The average molecular weight is 1090 g/mol. The summed E-state index contributed by atoms with van der Waals surface area (Å²) < 4.78 is 0. The van der Waals surface area contributed by atoms with Crippen molar-refractivity contribution in [1.29, 1.82) is 0 Å². The Hall–Kier alpha value is -7.35. The zero-order chi connectivity index (χ0) is 51.7. The van der Waals surface area contributed by atoms with Crippen LogP contribution in [0.4, 0.5) is 0 Å². The molecule has 0 aliphatic rings. The molecule has 0 nitrogen and oxygen atoms in total. The minimum Gasteiger partial charge on any atom is -0.147 e. The van der Waals surface area contributed by atoms with Crippen molar-refractivity contribution in [2.75, 3.05) is 0 Å². The van der Waals surface area contributed by atoms with E-state index >= 15 is 0 Å². The number of halogens is 1. The van der Waals surface area contributed by atoms with Gasteiger partial charge in [-0.1, -0.05) is 364 Å². The van der Waals surface area contributed by atoms with Crippen molar-refractivity contribution in [2.24, 2.45) is 0 Å². The zero-order valence-corrected chi connectivity index (χ0v) is 47.2. The summed E-state index contributed by atoms with van der Waals surface area (Å²) in [5.41, 5.74) is 0. The lowest BCUT2D eigenvalue weighted by molar-refractivity contribution is 1.74. The van der Waals surface area contributed by atoms with E-state index in [0.29, 0.717) is 0 Å². The average Bonchev–Trinajstić information content (AvgIpc) is 3.51. The lowest BCUT2D eigenvalue weighted by Crippen LogP contribution is -2.20. The van der Waals surface area contributed by atoms with Gasteiger partial charge in [0, 0.05) is 0 Å². The van der Waals surface area contributed by atoms with Crippen LogP contribution < -0.4 is 63.7 Å². The molecule has 0 N–H and O–H groups in total. The Bertz CT molecular complexity index is 2580. The van der Waals surface area contributed by atoms with E-state index in [1.165, 1.54) is 63.7 Å². The van der Waals surface area contributed by atoms with Crippen molar-refractivity contribution in [3.05, 3.63) is 364 Å². The second-order valence-electron chi connectivity index (χ2n) is 17.4. The number of hydrogen-bond acceptors (Lipinski definition) is 0. The van der Waals surface area contributed by atoms with E-state index in [1.54, 1.807) is 0 Å². The van der Waals surface area contributed by atoms with Crippen LogP contribution in [0.3, 0.4) is 0 Å². The fourth-order valence-electron chi connectivity index (χ4n) is 8.71. The second kappa shape index (κ2) is 31.0. The van der Waals surface area contributed by atoms with Crippen LogP contribution in [-0.4, -0.2) is 0 Å². The van der Waals surface area contributed by atoms with Crippen molar-refractivity contribution in [3.8, 4) is 0 Å². The number of hydrogen-bond donors (Lipinski definition) is 0. The lowest BCUT2D eigenvalue weighted by atomic mass is 10.4. The first kappa shape index (κ1) is 55.9. The third kappa shape index (κ3) is 16.3. The molecule has 0 heterocycles. The van der Waals surface area contributed by atoms with Crippen LogP contribution in [0.15, 0.2) is 364 Å². The van der Waals surface area contributed by atoms with Crippen LogP contribution in [0.25, 0.3) is 0 Å². The summed E-state index contributed by atoms with van der Waals surface area (Å²) in [4.78, 5) is 0. The summed E-state index contributed by atoms with van der Waals surface area (Å²) in [5.74, 6) is 0. The number of benzene rings is 12. The molecule has 12 aromatic rings. The minimum absolute atomic E-state index is 0. The molecular weight excluding hydrogens is 1020 g/mol. The highest BCUT2D eigenvalue weighted by Crippen LogP contribution is 2.35. The molecule has 0 bridgehead atoms. The van der Waals surface area contributed by atoms with E-state index in [9.17, 15) is 0 Å². The highest BCUT2D eigenvalue weighted by molar-refractivity contribution is 7.81. The summed E-state index contributed by atoms with van der Waals surface area (Å²) in [6, 6.07) is 129. The van der Waals surface area contributed by atoms with Gasteiger partial charge in [0.2, 0.25) is 0 Å². The molecule has 0 saturated carbocycles. The monoisotopic (exact) mass is 1080 g/mol. The van der Waals surface area contributed by atoms with Gasteiger partial charge in [0.05, 0.1) is 0 Å². The Labute approximate surface area is 468 Å². The fourth-order valence-corrected chi connectivity index (χ4v) is 17.9. The van der Waals surface area contributed by atoms with Gasteiger partial charge in [-0.3, -0.25) is 0 Å². The predicted molar refractivity (Wildman–Crippen MR) is 348 cm³/mol. The maximum absolute atomic E-state index is 2.23. The Morgan fingerprint density at radius 1 is 0.104 bits per heavy atom. The van der Waals surface area contributed by atoms with Gasteiger partial charge < -0.3 is 0 Å². The van der Waals surface area contributed by atoms with E-state index < -0.39 is 31.7 Å².